The maximum Gasteiger partial charge on any atom is 0.251 e. The molecule has 0 unspecified atom stereocenters. The van der Waals surface area contributed by atoms with Gasteiger partial charge >= 0.3 is 0 Å². The summed E-state index contributed by atoms with van der Waals surface area (Å²) in [5.41, 5.74) is 3.62. The molecule has 31 heavy (non-hydrogen) atoms. The number of hydrogen-bond acceptors (Lipinski definition) is 5. The molecule has 1 aliphatic heterocycles. The summed E-state index contributed by atoms with van der Waals surface area (Å²) in [5, 5.41) is 6.32. The van der Waals surface area contributed by atoms with Crippen molar-refractivity contribution < 1.29 is 4.79 Å². The van der Waals surface area contributed by atoms with Crippen molar-refractivity contribution in [3.05, 3.63) is 71.9 Å². The number of nitrogens with zero attached hydrogens (tertiary/aromatic N) is 3. The van der Waals surface area contributed by atoms with E-state index >= 15 is 0 Å². The van der Waals surface area contributed by atoms with Crippen molar-refractivity contribution in [2.75, 3.05) is 31.5 Å². The third-order valence-corrected chi connectivity index (χ3v) is 5.50. The number of benzene rings is 2. The molecule has 6 heteroatoms. The van der Waals surface area contributed by atoms with E-state index in [2.05, 4.69) is 32.4 Å². The smallest absolute Gasteiger partial charge is 0.251 e. The van der Waals surface area contributed by atoms with Crippen LogP contribution in [0.5, 0.6) is 0 Å². The Morgan fingerprint density at radius 2 is 1.87 bits per heavy atom. The molecule has 4 rings (SSSR count). The van der Waals surface area contributed by atoms with E-state index in [-0.39, 0.29) is 5.91 Å². The number of rotatable bonds is 8. The van der Waals surface area contributed by atoms with Crippen molar-refractivity contribution in [1.29, 1.82) is 0 Å². The van der Waals surface area contributed by atoms with Crippen LogP contribution in [-0.2, 0) is 0 Å². The Labute approximate surface area is 183 Å². The van der Waals surface area contributed by atoms with Crippen LogP contribution in [0.3, 0.4) is 0 Å². The number of carbonyl (C=O) groups excluding carboxylic acids is 1. The fraction of sp³-hybridized carbons (Fsp3) is 0.320. The second kappa shape index (κ2) is 10.2. The van der Waals surface area contributed by atoms with Gasteiger partial charge in [-0.2, -0.15) is 0 Å². The minimum Gasteiger partial charge on any atom is -0.352 e. The number of likely N-dealkylation sites (tertiary alicyclic amines) is 1. The molecule has 2 aromatic carbocycles. The van der Waals surface area contributed by atoms with E-state index < -0.39 is 0 Å². The van der Waals surface area contributed by atoms with Gasteiger partial charge < -0.3 is 15.5 Å². The van der Waals surface area contributed by atoms with Gasteiger partial charge in [-0.15, -0.1) is 0 Å². The van der Waals surface area contributed by atoms with Crippen LogP contribution in [0.1, 0.15) is 35.2 Å². The lowest BCUT2D eigenvalue weighted by atomic mass is 10.1. The second-order valence-electron chi connectivity index (χ2n) is 8.00. The lowest BCUT2D eigenvalue weighted by Gasteiger charge is -2.14. The fourth-order valence-corrected chi connectivity index (χ4v) is 3.77. The maximum atomic E-state index is 12.5. The summed E-state index contributed by atoms with van der Waals surface area (Å²) >= 11 is 0. The first-order chi connectivity index (χ1) is 15.2. The molecule has 2 heterocycles. The van der Waals surface area contributed by atoms with E-state index in [0.717, 1.165) is 24.2 Å². The lowest BCUT2D eigenvalue weighted by Crippen LogP contribution is -2.28. The molecule has 1 aromatic heterocycles. The predicted octanol–water partition coefficient (Wildman–Crippen LogP) is 4.41. The zero-order valence-electron chi connectivity index (χ0n) is 18.0. The van der Waals surface area contributed by atoms with Crippen LogP contribution < -0.4 is 10.6 Å². The maximum absolute atomic E-state index is 12.5. The molecule has 6 nitrogen and oxygen atoms in total. The zero-order chi connectivity index (χ0) is 21.5. The molecule has 160 valence electrons. The molecular formula is C25H29N5O. The van der Waals surface area contributed by atoms with E-state index in [4.69, 9.17) is 0 Å². The van der Waals surface area contributed by atoms with Gasteiger partial charge in [0.1, 0.15) is 5.82 Å². The highest BCUT2D eigenvalue weighted by atomic mass is 16.1. The highest BCUT2D eigenvalue weighted by Gasteiger charge is 2.11. The van der Waals surface area contributed by atoms with Crippen LogP contribution in [0.15, 0.2) is 60.8 Å². The number of aromatic nitrogens is 2. The van der Waals surface area contributed by atoms with Crippen molar-refractivity contribution in [1.82, 2.24) is 20.2 Å². The second-order valence-corrected chi connectivity index (χ2v) is 8.00. The summed E-state index contributed by atoms with van der Waals surface area (Å²) in [6.45, 7) is 6.18. The van der Waals surface area contributed by atoms with Crippen molar-refractivity contribution in [3.63, 3.8) is 0 Å². The molecule has 1 amide bonds. The van der Waals surface area contributed by atoms with Gasteiger partial charge in [0.05, 0.1) is 0 Å². The number of aryl methyl sites for hydroxylation is 1. The zero-order valence-corrected chi connectivity index (χ0v) is 18.0. The highest BCUT2D eigenvalue weighted by Crippen LogP contribution is 2.20. The average Bonchev–Trinajstić information content (AvgIpc) is 3.31. The minimum absolute atomic E-state index is 0.0481. The summed E-state index contributed by atoms with van der Waals surface area (Å²) < 4.78 is 0. The summed E-state index contributed by atoms with van der Waals surface area (Å²) in [6.07, 6.45) is 5.31. The fourth-order valence-electron chi connectivity index (χ4n) is 3.77. The van der Waals surface area contributed by atoms with Crippen molar-refractivity contribution in [2.24, 2.45) is 0 Å². The largest absolute Gasteiger partial charge is 0.352 e. The van der Waals surface area contributed by atoms with Crippen molar-refractivity contribution in [2.45, 2.75) is 26.2 Å². The number of anilines is 2. The highest BCUT2D eigenvalue weighted by molar-refractivity contribution is 5.95. The monoisotopic (exact) mass is 415 g/mol. The lowest BCUT2D eigenvalue weighted by molar-refractivity contribution is 0.0952. The number of hydrogen-bond donors (Lipinski definition) is 2. The van der Waals surface area contributed by atoms with Crippen LogP contribution in [0, 0.1) is 6.92 Å². The van der Waals surface area contributed by atoms with E-state index in [9.17, 15) is 4.79 Å². The van der Waals surface area contributed by atoms with Gasteiger partial charge in [-0.3, -0.25) is 4.79 Å². The minimum atomic E-state index is -0.0481. The molecule has 1 fully saturated rings. The first-order valence-electron chi connectivity index (χ1n) is 11.0. The van der Waals surface area contributed by atoms with E-state index in [1.54, 1.807) is 6.20 Å². The Bertz CT molecular complexity index is 1010. The Balaban J connectivity index is 1.35. The summed E-state index contributed by atoms with van der Waals surface area (Å²) in [6, 6.07) is 17.4. The van der Waals surface area contributed by atoms with Crippen LogP contribution in [-0.4, -0.2) is 47.0 Å². The van der Waals surface area contributed by atoms with Crippen LogP contribution in [0.4, 0.5) is 11.5 Å². The molecule has 0 atom stereocenters. The standard InChI is InChI=1S/C25H29N5O/c1-19-8-10-20(11-9-19)24-26-14-12-23(29-24)28-22-7-4-6-21(18-22)25(31)27-13-5-17-30-15-2-3-16-30/h4,6-12,14,18H,2-3,5,13,15-17H2,1H3,(H,27,31)(H,26,28,29). The van der Waals surface area contributed by atoms with Crippen LogP contribution in [0.2, 0.25) is 0 Å². The molecule has 1 saturated heterocycles. The van der Waals surface area contributed by atoms with Crippen LogP contribution >= 0.6 is 0 Å². The molecule has 3 aromatic rings. The summed E-state index contributed by atoms with van der Waals surface area (Å²) in [7, 11) is 0. The van der Waals surface area contributed by atoms with Gasteiger partial charge in [0.25, 0.3) is 5.91 Å². The quantitative estimate of drug-likeness (QED) is 0.533. The predicted molar refractivity (Wildman–Crippen MR) is 125 cm³/mol. The molecule has 0 saturated carbocycles. The number of nitrogens with one attached hydrogen (secondary N) is 2. The third-order valence-electron chi connectivity index (χ3n) is 5.50. The first-order valence-corrected chi connectivity index (χ1v) is 11.0. The Kier molecular flexibility index (Phi) is 6.89. The SMILES string of the molecule is Cc1ccc(-c2nccc(Nc3cccc(C(=O)NCCCN4CCCC4)c3)n2)cc1. The molecular weight excluding hydrogens is 386 g/mol. The third kappa shape index (κ3) is 5.89. The Morgan fingerprint density at radius 1 is 1.06 bits per heavy atom. The Morgan fingerprint density at radius 3 is 2.68 bits per heavy atom. The normalized spacial score (nSPS) is 13.8. The van der Waals surface area contributed by atoms with Crippen molar-refractivity contribution >= 4 is 17.4 Å². The first kappa shape index (κ1) is 21.0. The Hall–Kier alpha value is -3.25. The molecule has 0 spiro atoms. The van der Waals surface area contributed by atoms with Gasteiger partial charge in [0.2, 0.25) is 0 Å². The molecule has 0 aliphatic carbocycles. The number of amides is 1. The van der Waals surface area contributed by atoms with E-state index in [1.807, 2.05) is 54.6 Å². The average molecular weight is 416 g/mol. The number of carbonyl (C=O) groups is 1. The topological polar surface area (TPSA) is 70.2 Å². The van der Waals surface area contributed by atoms with Gasteiger partial charge in [-0.25, -0.2) is 9.97 Å². The molecule has 0 bridgehead atoms. The van der Waals surface area contributed by atoms with Gasteiger partial charge in [-0.1, -0.05) is 35.9 Å². The molecule has 2 N–H and O–H groups in total. The van der Waals surface area contributed by atoms with Gasteiger partial charge in [-0.05, 0) is 70.1 Å². The molecule has 0 radical (unpaired) electrons. The van der Waals surface area contributed by atoms with Crippen LogP contribution in [0.25, 0.3) is 11.4 Å². The summed E-state index contributed by atoms with van der Waals surface area (Å²) in [4.78, 5) is 24.0. The molecule has 1 aliphatic rings. The van der Waals surface area contributed by atoms with Crippen molar-refractivity contribution in [3.8, 4) is 11.4 Å². The van der Waals surface area contributed by atoms with Gasteiger partial charge in [0, 0.05) is 29.6 Å². The van der Waals surface area contributed by atoms with E-state index in [0.29, 0.717) is 23.8 Å². The van der Waals surface area contributed by atoms with E-state index in [1.165, 1.54) is 31.5 Å². The summed E-state index contributed by atoms with van der Waals surface area (Å²) in [5.74, 6) is 1.30. The van der Waals surface area contributed by atoms with Gasteiger partial charge in [0.15, 0.2) is 5.82 Å².